The Hall–Kier alpha value is -2.69. The smallest absolute Gasteiger partial charge is 0.193 e. The summed E-state index contributed by atoms with van der Waals surface area (Å²) in [6.07, 6.45) is 0.650. The Kier molecular flexibility index (Phi) is 7.14. The highest BCUT2D eigenvalue weighted by Crippen LogP contribution is 2.29. The lowest BCUT2D eigenvalue weighted by Crippen LogP contribution is -2.38. The van der Waals surface area contributed by atoms with Gasteiger partial charge in [0.25, 0.3) is 0 Å². The molecule has 0 atom stereocenters. The highest BCUT2D eigenvalue weighted by Gasteiger charge is 2.09. The number of phenols is 1. The summed E-state index contributed by atoms with van der Waals surface area (Å²) in [5, 5.41) is 13.5. The molecule has 0 aromatic heterocycles. The fourth-order valence-corrected chi connectivity index (χ4v) is 2.62. The Morgan fingerprint density at radius 2 is 1.92 bits per heavy atom. The molecule has 2 N–H and O–H groups in total. The summed E-state index contributed by atoms with van der Waals surface area (Å²) in [7, 11) is 3.58. The molecule has 2 rings (SSSR count). The van der Waals surface area contributed by atoms with Crippen molar-refractivity contribution >= 4 is 5.96 Å². The van der Waals surface area contributed by atoms with Gasteiger partial charge in [-0.25, -0.2) is 0 Å². The number of benzene rings is 2. The van der Waals surface area contributed by atoms with E-state index in [1.807, 2.05) is 37.4 Å². The van der Waals surface area contributed by atoms with Crippen LogP contribution in [0.3, 0.4) is 0 Å². The van der Waals surface area contributed by atoms with Gasteiger partial charge in [0.2, 0.25) is 0 Å². The Morgan fingerprint density at radius 3 is 2.60 bits per heavy atom. The summed E-state index contributed by atoms with van der Waals surface area (Å²) < 4.78 is 5.15. The van der Waals surface area contributed by atoms with Crippen LogP contribution in [-0.4, -0.2) is 43.2 Å². The number of rotatable bonds is 7. The van der Waals surface area contributed by atoms with Crippen molar-refractivity contribution in [1.82, 2.24) is 10.2 Å². The maximum absolute atomic E-state index is 10.2. The highest BCUT2D eigenvalue weighted by molar-refractivity contribution is 5.79. The third kappa shape index (κ3) is 5.41. The first-order valence-corrected chi connectivity index (χ1v) is 8.54. The number of aliphatic imine (C=N–C) groups is 1. The molecule has 2 aromatic carbocycles. The lowest BCUT2D eigenvalue weighted by Gasteiger charge is -2.22. The molecule has 0 amide bonds. The zero-order chi connectivity index (χ0) is 18.1. The van der Waals surface area contributed by atoms with Gasteiger partial charge in [0.15, 0.2) is 17.5 Å². The molecule has 0 radical (unpaired) electrons. The molecule has 5 heteroatoms. The van der Waals surface area contributed by atoms with E-state index in [1.54, 1.807) is 13.2 Å². The second-order valence-electron chi connectivity index (χ2n) is 5.80. The second-order valence-corrected chi connectivity index (χ2v) is 5.80. The normalized spacial score (nSPS) is 11.2. The van der Waals surface area contributed by atoms with E-state index in [-0.39, 0.29) is 5.75 Å². The van der Waals surface area contributed by atoms with E-state index in [0.29, 0.717) is 18.7 Å². The van der Waals surface area contributed by atoms with Crippen LogP contribution in [0.5, 0.6) is 11.5 Å². The average molecular weight is 341 g/mol. The molecule has 0 saturated carbocycles. The van der Waals surface area contributed by atoms with Crippen LogP contribution in [0, 0.1) is 0 Å². The molecule has 2 aromatic rings. The molecule has 0 aliphatic carbocycles. The molecular formula is C20H27N3O2. The topological polar surface area (TPSA) is 57.1 Å². The summed E-state index contributed by atoms with van der Waals surface area (Å²) >= 11 is 0. The van der Waals surface area contributed by atoms with E-state index >= 15 is 0 Å². The minimum atomic E-state index is 0.197. The summed E-state index contributed by atoms with van der Waals surface area (Å²) in [5.74, 6) is 1.55. The molecule has 0 aliphatic rings. The van der Waals surface area contributed by atoms with Crippen molar-refractivity contribution in [3.8, 4) is 11.5 Å². The molecule has 5 nitrogen and oxygen atoms in total. The fourth-order valence-electron chi connectivity index (χ4n) is 2.62. The lowest BCUT2D eigenvalue weighted by molar-refractivity contribution is 0.370. The predicted octanol–water partition coefficient (Wildman–Crippen LogP) is 3.04. The number of nitrogens with zero attached hydrogens (tertiary/aromatic N) is 2. The van der Waals surface area contributed by atoms with Gasteiger partial charge in [0.05, 0.1) is 7.11 Å². The third-order valence-corrected chi connectivity index (χ3v) is 3.90. The molecule has 0 spiro atoms. The third-order valence-electron chi connectivity index (χ3n) is 3.90. The van der Waals surface area contributed by atoms with E-state index in [4.69, 9.17) is 4.74 Å². The van der Waals surface area contributed by atoms with Crippen LogP contribution >= 0.6 is 0 Å². The molecular weight excluding hydrogens is 314 g/mol. The van der Waals surface area contributed by atoms with Gasteiger partial charge in [-0.1, -0.05) is 42.5 Å². The number of hydrogen-bond donors (Lipinski definition) is 2. The molecule has 0 bridgehead atoms. The predicted molar refractivity (Wildman–Crippen MR) is 102 cm³/mol. The minimum absolute atomic E-state index is 0.197. The van der Waals surface area contributed by atoms with Crippen LogP contribution < -0.4 is 10.1 Å². The number of methoxy groups -OCH3 is 1. The Labute approximate surface area is 150 Å². The number of phenolic OH excluding ortho intramolecular Hbond substituents is 1. The SMILES string of the molecule is CCNC(=NCCc1cccc(OC)c1O)N(C)Cc1ccccc1. The first kappa shape index (κ1) is 18.6. The maximum Gasteiger partial charge on any atom is 0.193 e. The number of ether oxygens (including phenoxy) is 1. The molecule has 0 aliphatic heterocycles. The number of nitrogens with one attached hydrogen (secondary N) is 1. The van der Waals surface area contributed by atoms with Crippen LogP contribution in [0.2, 0.25) is 0 Å². The van der Waals surface area contributed by atoms with Crippen LogP contribution in [0.15, 0.2) is 53.5 Å². The number of aromatic hydroxyl groups is 1. The molecule has 134 valence electrons. The van der Waals surface area contributed by atoms with E-state index < -0.39 is 0 Å². The zero-order valence-electron chi connectivity index (χ0n) is 15.2. The molecule has 0 fully saturated rings. The van der Waals surface area contributed by atoms with Crippen LogP contribution in [0.1, 0.15) is 18.1 Å². The average Bonchev–Trinajstić information content (AvgIpc) is 2.63. The van der Waals surface area contributed by atoms with E-state index in [9.17, 15) is 5.11 Å². The lowest BCUT2D eigenvalue weighted by atomic mass is 10.1. The Bertz CT molecular complexity index is 687. The molecule has 0 saturated heterocycles. The first-order chi connectivity index (χ1) is 12.2. The van der Waals surface area contributed by atoms with Gasteiger partial charge in [0, 0.05) is 26.7 Å². The van der Waals surface area contributed by atoms with Crippen LogP contribution in [0.25, 0.3) is 0 Å². The minimum Gasteiger partial charge on any atom is -0.504 e. The number of hydrogen-bond acceptors (Lipinski definition) is 3. The van der Waals surface area contributed by atoms with Crippen molar-refractivity contribution in [3.05, 3.63) is 59.7 Å². The van der Waals surface area contributed by atoms with Gasteiger partial charge in [-0.3, -0.25) is 4.99 Å². The summed E-state index contributed by atoms with van der Waals surface area (Å²) in [5.41, 5.74) is 2.07. The van der Waals surface area contributed by atoms with Crippen LogP contribution in [0.4, 0.5) is 0 Å². The van der Waals surface area contributed by atoms with Gasteiger partial charge in [-0.2, -0.15) is 0 Å². The molecule has 0 heterocycles. The largest absolute Gasteiger partial charge is 0.504 e. The monoisotopic (exact) mass is 341 g/mol. The number of guanidine groups is 1. The van der Waals surface area contributed by atoms with Gasteiger partial charge >= 0.3 is 0 Å². The van der Waals surface area contributed by atoms with Crippen molar-refractivity contribution in [2.24, 2.45) is 4.99 Å². The van der Waals surface area contributed by atoms with Crippen molar-refractivity contribution in [2.45, 2.75) is 19.9 Å². The summed E-state index contributed by atoms with van der Waals surface area (Å²) in [6, 6.07) is 15.8. The van der Waals surface area contributed by atoms with E-state index in [2.05, 4.69) is 34.3 Å². The summed E-state index contributed by atoms with van der Waals surface area (Å²) in [4.78, 5) is 6.78. The highest BCUT2D eigenvalue weighted by atomic mass is 16.5. The molecule has 0 unspecified atom stereocenters. The van der Waals surface area contributed by atoms with Gasteiger partial charge in [-0.05, 0) is 30.5 Å². The number of para-hydroxylation sites is 1. The van der Waals surface area contributed by atoms with Crippen molar-refractivity contribution in [3.63, 3.8) is 0 Å². The van der Waals surface area contributed by atoms with Crippen molar-refractivity contribution < 1.29 is 9.84 Å². The van der Waals surface area contributed by atoms with Gasteiger partial charge in [-0.15, -0.1) is 0 Å². The Morgan fingerprint density at radius 1 is 1.16 bits per heavy atom. The molecule has 25 heavy (non-hydrogen) atoms. The maximum atomic E-state index is 10.2. The van der Waals surface area contributed by atoms with Gasteiger partial charge < -0.3 is 20.1 Å². The second kappa shape index (κ2) is 9.57. The summed E-state index contributed by atoms with van der Waals surface area (Å²) in [6.45, 7) is 4.24. The standard InChI is InChI=1S/C20H27N3O2/c1-4-21-20(23(2)15-16-9-6-5-7-10-16)22-14-13-17-11-8-12-18(25-3)19(17)24/h5-12,24H,4,13-15H2,1-3H3,(H,21,22). The van der Waals surface area contributed by atoms with E-state index in [0.717, 1.165) is 24.6 Å². The van der Waals surface area contributed by atoms with Crippen molar-refractivity contribution in [1.29, 1.82) is 0 Å². The fraction of sp³-hybridized carbons (Fsp3) is 0.350. The van der Waals surface area contributed by atoms with Crippen LogP contribution in [-0.2, 0) is 13.0 Å². The quantitative estimate of drug-likeness (QED) is 0.600. The van der Waals surface area contributed by atoms with Crippen molar-refractivity contribution in [2.75, 3.05) is 27.2 Å². The first-order valence-electron chi connectivity index (χ1n) is 8.54. The van der Waals surface area contributed by atoms with E-state index in [1.165, 1.54) is 5.56 Å². The Balaban J connectivity index is 2.02. The van der Waals surface area contributed by atoms with Gasteiger partial charge in [0.1, 0.15) is 0 Å². The zero-order valence-corrected chi connectivity index (χ0v) is 15.2.